The van der Waals surface area contributed by atoms with E-state index in [0.29, 0.717) is 0 Å². The van der Waals surface area contributed by atoms with Crippen molar-refractivity contribution in [3.63, 3.8) is 0 Å². The van der Waals surface area contributed by atoms with E-state index in [9.17, 15) is 22.4 Å². The van der Waals surface area contributed by atoms with Gasteiger partial charge in [-0.25, -0.2) is 8.78 Å². The number of ether oxygens (including phenoxy) is 1. The molecule has 0 spiro atoms. The lowest BCUT2D eigenvalue weighted by atomic mass is 10.2. The maximum atomic E-state index is 13.4. The van der Waals surface area contributed by atoms with E-state index in [4.69, 9.17) is 0 Å². The van der Waals surface area contributed by atoms with E-state index in [-0.39, 0.29) is 17.0 Å². The molecule has 2 aromatic rings. The van der Waals surface area contributed by atoms with Gasteiger partial charge in [0.1, 0.15) is 5.75 Å². The third-order valence-corrected chi connectivity index (χ3v) is 2.76. The topological polar surface area (TPSA) is 38.3 Å². The molecule has 0 aliphatic carbocycles. The summed E-state index contributed by atoms with van der Waals surface area (Å²) < 4.78 is 55.3. The molecule has 0 bridgehead atoms. The number of nitrogens with one attached hydrogen (secondary N) is 1. The molecular formula is C16H11F4NO2. The third-order valence-electron chi connectivity index (χ3n) is 2.76. The normalized spacial score (nSPS) is 11.0. The first-order valence-electron chi connectivity index (χ1n) is 6.44. The Morgan fingerprint density at radius 2 is 1.83 bits per heavy atom. The summed E-state index contributed by atoms with van der Waals surface area (Å²) in [4.78, 5) is 11.7. The summed E-state index contributed by atoms with van der Waals surface area (Å²) in [7, 11) is 0. The molecule has 0 aromatic heterocycles. The predicted octanol–water partition coefficient (Wildman–Crippen LogP) is 4.22. The minimum Gasteiger partial charge on any atom is -0.434 e. The second kappa shape index (κ2) is 7.44. The van der Waals surface area contributed by atoms with E-state index in [0.717, 1.165) is 12.1 Å². The number of anilines is 1. The van der Waals surface area contributed by atoms with Crippen LogP contribution in [0.1, 0.15) is 5.56 Å². The molecule has 0 saturated carbocycles. The van der Waals surface area contributed by atoms with Crippen molar-refractivity contribution in [3.05, 3.63) is 65.7 Å². The first-order valence-corrected chi connectivity index (χ1v) is 6.44. The van der Waals surface area contributed by atoms with Gasteiger partial charge in [-0.05, 0) is 24.3 Å². The molecule has 0 unspecified atom stereocenters. The quantitative estimate of drug-likeness (QED) is 0.660. The predicted molar refractivity (Wildman–Crippen MR) is 77.1 cm³/mol. The second-order valence-electron chi connectivity index (χ2n) is 4.34. The Balaban J connectivity index is 2.11. The van der Waals surface area contributed by atoms with Gasteiger partial charge < -0.3 is 10.1 Å². The summed E-state index contributed by atoms with van der Waals surface area (Å²) in [6, 6.07) is 9.19. The van der Waals surface area contributed by atoms with Crippen LogP contribution in [0.25, 0.3) is 6.08 Å². The Morgan fingerprint density at radius 1 is 1.09 bits per heavy atom. The van der Waals surface area contributed by atoms with E-state index < -0.39 is 24.2 Å². The third kappa shape index (κ3) is 4.57. The number of hydrogen-bond acceptors (Lipinski definition) is 2. The van der Waals surface area contributed by atoms with Crippen molar-refractivity contribution < 1.29 is 27.1 Å². The highest BCUT2D eigenvalue weighted by Crippen LogP contribution is 2.22. The van der Waals surface area contributed by atoms with E-state index in [1.165, 1.54) is 36.4 Å². The van der Waals surface area contributed by atoms with Crippen LogP contribution in [-0.2, 0) is 4.79 Å². The van der Waals surface area contributed by atoms with Crippen LogP contribution in [0.4, 0.5) is 23.2 Å². The van der Waals surface area contributed by atoms with E-state index in [1.54, 1.807) is 6.07 Å². The highest BCUT2D eigenvalue weighted by molar-refractivity contribution is 6.02. The lowest BCUT2D eigenvalue weighted by molar-refractivity contribution is -0.111. The second-order valence-corrected chi connectivity index (χ2v) is 4.34. The van der Waals surface area contributed by atoms with Gasteiger partial charge >= 0.3 is 6.61 Å². The zero-order valence-corrected chi connectivity index (χ0v) is 11.6. The number of carbonyl (C=O) groups excluding carboxylic acids is 1. The minimum atomic E-state index is -3.00. The van der Waals surface area contributed by atoms with Crippen molar-refractivity contribution in [2.24, 2.45) is 0 Å². The standard InChI is InChI=1S/C16H11F4NO2/c17-11-5-3-6-12(15(11)18)21-14(22)9-8-10-4-1-2-7-13(10)23-16(19)20/h1-9,16H,(H,21,22). The Morgan fingerprint density at radius 3 is 2.57 bits per heavy atom. The molecule has 23 heavy (non-hydrogen) atoms. The van der Waals surface area contributed by atoms with Gasteiger partial charge in [0.2, 0.25) is 5.91 Å². The first-order chi connectivity index (χ1) is 11.0. The molecule has 0 atom stereocenters. The van der Waals surface area contributed by atoms with Gasteiger partial charge in [-0.1, -0.05) is 24.3 Å². The summed E-state index contributed by atoms with van der Waals surface area (Å²) in [6.45, 7) is -3.00. The molecule has 0 radical (unpaired) electrons. The van der Waals surface area contributed by atoms with Crippen molar-refractivity contribution in [3.8, 4) is 5.75 Å². The fourth-order valence-electron chi connectivity index (χ4n) is 1.76. The van der Waals surface area contributed by atoms with Gasteiger partial charge in [-0.15, -0.1) is 0 Å². The van der Waals surface area contributed by atoms with Crippen LogP contribution in [0.5, 0.6) is 5.75 Å². The van der Waals surface area contributed by atoms with Gasteiger partial charge in [-0.2, -0.15) is 8.78 Å². The lowest BCUT2D eigenvalue weighted by Crippen LogP contribution is -2.10. The molecular weight excluding hydrogens is 314 g/mol. The molecule has 3 nitrogen and oxygen atoms in total. The van der Waals surface area contributed by atoms with Gasteiger partial charge in [0.15, 0.2) is 11.6 Å². The molecule has 1 amide bonds. The van der Waals surface area contributed by atoms with Crippen LogP contribution in [-0.4, -0.2) is 12.5 Å². The summed E-state index contributed by atoms with van der Waals surface area (Å²) in [5.74, 6) is -3.14. The van der Waals surface area contributed by atoms with Crippen molar-refractivity contribution in [2.75, 3.05) is 5.32 Å². The molecule has 2 rings (SSSR count). The number of carbonyl (C=O) groups is 1. The Kier molecular flexibility index (Phi) is 5.35. The number of alkyl halides is 2. The number of benzene rings is 2. The highest BCUT2D eigenvalue weighted by atomic mass is 19.3. The van der Waals surface area contributed by atoms with Crippen molar-refractivity contribution >= 4 is 17.7 Å². The molecule has 120 valence electrons. The SMILES string of the molecule is O=C(C=Cc1ccccc1OC(F)F)Nc1cccc(F)c1F. The fraction of sp³-hybridized carbons (Fsp3) is 0.0625. The molecule has 0 heterocycles. The Hall–Kier alpha value is -2.83. The van der Waals surface area contributed by atoms with Crippen LogP contribution in [0.3, 0.4) is 0 Å². The average Bonchev–Trinajstić information content (AvgIpc) is 2.50. The monoisotopic (exact) mass is 325 g/mol. The molecule has 1 N–H and O–H groups in total. The van der Waals surface area contributed by atoms with Crippen LogP contribution < -0.4 is 10.1 Å². The van der Waals surface area contributed by atoms with E-state index in [1.807, 2.05) is 0 Å². The van der Waals surface area contributed by atoms with Crippen molar-refractivity contribution in [1.82, 2.24) is 0 Å². The van der Waals surface area contributed by atoms with Crippen LogP contribution >= 0.6 is 0 Å². The Labute approximate surface area is 129 Å². The first kappa shape index (κ1) is 16.5. The zero-order chi connectivity index (χ0) is 16.8. The molecule has 0 fully saturated rings. The lowest BCUT2D eigenvalue weighted by Gasteiger charge is -2.07. The van der Waals surface area contributed by atoms with E-state index in [2.05, 4.69) is 10.1 Å². The number of amides is 1. The van der Waals surface area contributed by atoms with Gasteiger partial charge in [0.05, 0.1) is 5.69 Å². The van der Waals surface area contributed by atoms with Crippen molar-refractivity contribution in [2.45, 2.75) is 6.61 Å². The smallest absolute Gasteiger partial charge is 0.387 e. The largest absolute Gasteiger partial charge is 0.434 e. The van der Waals surface area contributed by atoms with Crippen LogP contribution in [0.2, 0.25) is 0 Å². The number of rotatable bonds is 5. The molecule has 0 aliphatic rings. The Bertz CT molecular complexity index is 732. The number of halogens is 4. The van der Waals surface area contributed by atoms with Crippen molar-refractivity contribution in [1.29, 1.82) is 0 Å². The van der Waals surface area contributed by atoms with Gasteiger partial charge in [-0.3, -0.25) is 4.79 Å². The summed E-state index contributed by atoms with van der Waals surface area (Å²) in [6.07, 6.45) is 2.22. The summed E-state index contributed by atoms with van der Waals surface area (Å²) in [5, 5.41) is 2.15. The highest BCUT2D eigenvalue weighted by Gasteiger charge is 2.10. The average molecular weight is 325 g/mol. The maximum absolute atomic E-state index is 13.4. The molecule has 2 aromatic carbocycles. The van der Waals surface area contributed by atoms with Gasteiger partial charge in [0.25, 0.3) is 0 Å². The molecule has 7 heteroatoms. The summed E-state index contributed by atoms with van der Waals surface area (Å²) >= 11 is 0. The fourth-order valence-corrected chi connectivity index (χ4v) is 1.76. The van der Waals surface area contributed by atoms with E-state index >= 15 is 0 Å². The molecule has 0 saturated heterocycles. The minimum absolute atomic E-state index is 0.108. The number of para-hydroxylation sites is 1. The maximum Gasteiger partial charge on any atom is 0.387 e. The van der Waals surface area contributed by atoms with Crippen LogP contribution in [0.15, 0.2) is 48.5 Å². The number of hydrogen-bond donors (Lipinski definition) is 1. The summed E-state index contributed by atoms with van der Waals surface area (Å²) in [5.41, 5.74) is -0.0839. The zero-order valence-electron chi connectivity index (χ0n) is 11.6. The van der Waals surface area contributed by atoms with Gasteiger partial charge in [0, 0.05) is 11.6 Å². The molecule has 0 aliphatic heterocycles. The van der Waals surface area contributed by atoms with Crippen LogP contribution in [0, 0.1) is 11.6 Å².